The van der Waals surface area contributed by atoms with Gasteiger partial charge in [-0.05, 0) is 41.3 Å². The van der Waals surface area contributed by atoms with Gasteiger partial charge in [0.05, 0.1) is 0 Å². The van der Waals surface area contributed by atoms with Crippen LogP contribution in [0.3, 0.4) is 0 Å². The summed E-state index contributed by atoms with van der Waals surface area (Å²) in [6.07, 6.45) is 0.222. The minimum atomic E-state index is -0.907. The van der Waals surface area contributed by atoms with Crippen LogP contribution in [0, 0.1) is 0 Å². The summed E-state index contributed by atoms with van der Waals surface area (Å²) in [5, 5.41) is 8.59. The molecule has 1 atom stereocenters. The molecule has 0 saturated carbocycles. The molecule has 0 fully saturated rings. The lowest BCUT2D eigenvalue weighted by Gasteiger charge is -2.27. The highest BCUT2D eigenvalue weighted by Gasteiger charge is 2.27. The Morgan fingerprint density at radius 3 is 2.12 bits per heavy atom. The molecule has 5 heteroatoms. The lowest BCUT2D eigenvalue weighted by Crippen LogP contribution is -2.40. The lowest BCUT2D eigenvalue weighted by molar-refractivity contribution is -0.160. The summed E-state index contributed by atoms with van der Waals surface area (Å²) in [5.74, 6) is -1.28. The first-order chi connectivity index (χ1) is 7.13. The van der Waals surface area contributed by atoms with Gasteiger partial charge >= 0.3 is 11.9 Å². The largest absolute Gasteiger partial charge is 0.481 e. The number of esters is 1. The van der Waals surface area contributed by atoms with Gasteiger partial charge in [0, 0.05) is 6.42 Å². The molecule has 0 bridgehead atoms. The molecule has 0 aromatic heterocycles. The first-order valence-electron chi connectivity index (χ1n) is 5.24. The summed E-state index contributed by atoms with van der Waals surface area (Å²) in [6.45, 7) is 5.36. The number of aliphatic carboxylic acids is 1. The van der Waals surface area contributed by atoms with Crippen molar-refractivity contribution in [1.82, 2.24) is 4.90 Å². The molecule has 0 radical (unpaired) electrons. The second-order valence-electron chi connectivity index (χ2n) is 4.95. The van der Waals surface area contributed by atoms with E-state index in [-0.39, 0.29) is 18.8 Å². The Bertz CT molecular complexity index is 255. The fourth-order valence-electron chi connectivity index (χ4n) is 1.22. The average molecular weight is 231 g/mol. The zero-order valence-electron chi connectivity index (χ0n) is 10.6. The van der Waals surface area contributed by atoms with Crippen LogP contribution in [-0.4, -0.2) is 47.7 Å². The maximum atomic E-state index is 11.8. The number of hydrogen-bond donors (Lipinski definition) is 1. The van der Waals surface area contributed by atoms with Gasteiger partial charge in [-0.1, -0.05) is 0 Å². The summed E-state index contributed by atoms with van der Waals surface area (Å²) in [6, 6.07) is -0.504. The van der Waals surface area contributed by atoms with E-state index >= 15 is 0 Å². The molecule has 0 aliphatic heterocycles. The maximum absolute atomic E-state index is 11.8. The van der Waals surface area contributed by atoms with Gasteiger partial charge in [0.2, 0.25) is 0 Å². The Kier molecular flexibility index (Phi) is 5.44. The van der Waals surface area contributed by atoms with E-state index in [1.807, 2.05) is 0 Å². The van der Waals surface area contributed by atoms with Crippen LogP contribution in [0.5, 0.6) is 0 Å². The minimum absolute atomic E-state index is 0.0396. The normalized spacial score (nSPS) is 13.6. The first-order valence-corrected chi connectivity index (χ1v) is 5.24. The maximum Gasteiger partial charge on any atom is 0.323 e. The molecule has 0 saturated heterocycles. The van der Waals surface area contributed by atoms with Gasteiger partial charge in [-0.25, -0.2) is 0 Å². The number of rotatable bonds is 5. The molecular formula is C11H21NO4. The van der Waals surface area contributed by atoms with Gasteiger partial charge in [0.25, 0.3) is 0 Å². The third-order valence-electron chi connectivity index (χ3n) is 1.93. The highest BCUT2D eigenvalue weighted by molar-refractivity contribution is 5.77. The van der Waals surface area contributed by atoms with Crippen molar-refractivity contribution in [2.45, 2.75) is 45.3 Å². The van der Waals surface area contributed by atoms with Crippen LogP contribution in [0.4, 0.5) is 0 Å². The van der Waals surface area contributed by atoms with E-state index in [4.69, 9.17) is 9.84 Å². The monoisotopic (exact) mass is 231 g/mol. The molecule has 0 heterocycles. The third-order valence-corrected chi connectivity index (χ3v) is 1.93. The summed E-state index contributed by atoms with van der Waals surface area (Å²) in [5.41, 5.74) is -0.547. The molecule has 0 amide bonds. The molecule has 0 aromatic carbocycles. The standard InChI is InChI=1S/C11H21NO4/c1-11(2,3)16-10(15)8(12(4)5)6-7-9(13)14/h8H,6-7H2,1-5H3,(H,13,14). The Labute approximate surface area is 96.4 Å². The predicted octanol–water partition coefficient (Wildman–Crippen LogP) is 1.12. The number of carbonyl (C=O) groups is 2. The minimum Gasteiger partial charge on any atom is -0.481 e. The molecule has 1 N–H and O–H groups in total. The summed E-state index contributed by atoms with van der Waals surface area (Å²) < 4.78 is 5.22. The van der Waals surface area contributed by atoms with E-state index in [0.717, 1.165) is 0 Å². The van der Waals surface area contributed by atoms with Crippen molar-refractivity contribution in [2.24, 2.45) is 0 Å². The van der Waals surface area contributed by atoms with Crippen LogP contribution < -0.4 is 0 Å². The highest BCUT2D eigenvalue weighted by atomic mass is 16.6. The molecule has 0 aromatic rings. The second kappa shape index (κ2) is 5.84. The molecule has 1 unspecified atom stereocenters. The van der Waals surface area contributed by atoms with Crippen LogP contribution >= 0.6 is 0 Å². The second-order valence-corrected chi connectivity index (χ2v) is 4.95. The Morgan fingerprint density at radius 2 is 1.81 bits per heavy atom. The molecular weight excluding hydrogens is 210 g/mol. The van der Waals surface area contributed by atoms with E-state index < -0.39 is 17.6 Å². The van der Waals surface area contributed by atoms with Gasteiger partial charge in [-0.2, -0.15) is 0 Å². The fourth-order valence-corrected chi connectivity index (χ4v) is 1.22. The third kappa shape index (κ3) is 6.40. The summed E-state index contributed by atoms with van der Waals surface area (Å²) in [4.78, 5) is 23.9. The van der Waals surface area contributed by atoms with Crippen molar-refractivity contribution in [1.29, 1.82) is 0 Å². The summed E-state index contributed by atoms with van der Waals surface area (Å²) >= 11 is 0. The quantitative estimate of drug-likeness (QED) is 0.718. The van der Waals surface area contributed by atoms with Crippen molar-refractivity contribution < 1.29 is 19.4 Å². The smallest absolute Gasteiger partial charge is 0.323 e. The number of carboxylic acids is 1. The first kappa shape index (κ1) is 14.9. The number of hydrogen-bond acceptors (Lipinski definition) is 4. The molecule has 0 rings (SSSR count). The highest BCUT2D eigenvalue weighted by Crippen LogP contribution is 2.13. The van der Waals surface area contributed by atoms with Crippen molar-refractivity contribution in [2.75, 3.05) is 14.1 Å². The molecule has 0 aliphatic carbocycles. The number of likely N-dealkylation sites (N-methyl/N-ethyl adjacent to an activating group) is 1. The van der Waals surface area contributed by atoms with E-state index in [1.165, 1.54) is 0 Å². The van der Waals surface area contributed by atoms with Gasteiger partial charge in [-0.3, -0.25) is 14.5 Å². The number of nitrogens with zero attached hydrogens (tertiary/aromatic N) is 1. The number of carboxylic acid groups (broad SMARTS) is 1. The van der Waals surface area contributed by atoms with E-state index in [2.05, 4.69) is 0 Å². The van der Waals surface area contributed by atoms with Gasteiger partial charge < -0.3 is 9.84 Å². The molecule has 0 aliphatic rings. The average Bonchev–Trinajstić information content (AvgIpc) is 1.98. The fraction of sp³-hybridized carbons (Fsp3) is 0.818. The molecule has 5 nitrogen and oxygen atoms in total. The van der Waals surface area contributed by atoms with Crippen LogP contribution in [-0.2, 0) is 14.3 Å². The van der Waals surface area contributed by atoms with Crippen molar-refractivity contribution in [3.8, 4) is 0 Å². The van der Waals surface area contributed by atoms with Crippen molar-refractivity contribution in [3.05, 3.63) is 0 Å². The van der Waals surface area contributed by atoms with E-state index in [9.17, 15) is 9.59 Å². The van der Waals surface area contributed by atoms with E-state index in [0.29, 0.717) is 0 Å². The number of ether oxygens (including phenoxy) is 1. The number of carbonyl (C=O) groups excluding carboxylic acids is 1. The van der Waals surface area contributed by atoms with Crippen molar-refractivity contribution >= 4 is 11.9 Å². The molecule has 16 heavy (non-hydrogen) atoms. The van der Waals surface area contributed by atoms with Crippen molar-refractivity contribution in [3.63, 3.8) is 0 Å². The SMILES string of the molecule is CN(C)C(CCC(=O)O)C(=O)OC(C)(C)C. The summed E-state index contributed by atoms with van der Waals surface area (Å²) in [7, 11) is 3.47. The molecule has 94 valence electrons. The van der Waals surface area contributed by atoms with Crippen LogP contribution in [0.2, 0.25) is 0 Å². The van der Waals surface area contributed by atoms with Gasteiger partial charge in [0.1, 0.15) is 11.6 Å². The van der Waals surface area contributed by atoms with Gasteiger partial charge in [0.15, 0.2) is 0 Å². The predicted molar refractivity (Wildman–Crippen MR) is 60.2 cm³/mol. The Hall–Kier alpha value is -1.10. The van der Waals surface area contributed by atoms with Gasteiger partial charge in [-0.15, -0.1) is 0 Å². The van der Waals surface area contributed by atoms with E-state index in [1.54, 1.807) is 39.8 Å². The topological polar surface area (TPSA) is 66.8 Å². The van der Waals surface area contributed by atoms with Crippen LogP contribution in [0.1, 0.15) is 33.6 Å². The Balaban J connectivity index is 4.42. The Morgan fingerprint density at radius 1 is 1.31 bits per heavy atom. The lowest BCUT2D eigenvalue weighted by atomic mass is 10.1. The molecule has 0 spiro atoms. The zero-order chi connectivity index (χ0) is 12.9. The van der Waals surface area contributed by atoms with Crippen LogP contribution in [0.15, 0.2) is 0 Å². The zero-order valence-corrected chi connectivity index (χ0v) is 10.6. The van der Waals surface area contributed by atoms with Crippen LogP contribution in [0.25, 0.3) is 0 Å².